The third kappa shape index (κ3) is 7.56. The molecule has 0 unspecified atom stereocenters. The largest absolute Gasteiger partial charge is 0.456 e. The fourth-order valence-electron chi connectivity index (χ4n) is 2.43. The number of thiophene rings is 1. The van der Waals surface area contributed by atoms with Gasteiger partial charge in [0.05, 0.1) is 12.5 Å². The predicted molar refractivity (Wildman–Crippen MR) is 111 cm³/mol. The van der Waals surface area contributed by atoms with E-state index in [9.17, 15) is 14.4 Å². The Balaban J connectivity index is 1.76. The van der Waals surface area contributed by atoms with Crippen LogP contribution in [0.25, 0.3) is 0 Å². The van der Waals surface area contributed by atoms with E-state index >= 15 is 0 Å². The lowest BCUT2D eigenvalue weighted by atomic mass is 10.2. The second-order valence-electron chi connectivity index (χ2n) is 5.97. The molecular formula is C20H20ClN3O4S. The normalized spacial score (nSPS) is 10.1. The number of nitrogens with one attached hydrogen (secondary N) is 1. The third-order valence-electron chi connectivity index (χ3n) is 3.85. The highest BCUT2D eigenvalue weighted by Gasteiger charge is 2.18. The summed E-state index contributed by atoms with van der Waals surface area (Å²) in [5.41, 5.74) is 1.12. The van der Waals surface area contributed by atoms with Gasteiger partial charge in [-0.05, 0) is 36.1 Å². The van der Waals surface area contributed by atoms with Crippen molar-refractivity contribution in [3.8, 4) is 6.07 Å². The monoisotopic (exact) mass is 433 g/mol. The Morgan fingerprint density at radius 3 is 2.79 bits per heavy atom. The molecule has 0 aliphatic carbocycles. The molecule has 1 heterocycles. The van der Waals surface area contributed by atoms with E-state index in [0.717, 1.165) is 0 Å². The summed E-state index contributed by atoms with van der Waals surface area (Å²) < 4.78 is 5.04. The first-order valence-electron chi connectivity index (χ1n) is 8.90. The van der Waals surface area contributed by atoms with Gasteiger partial charge in [0.25, 0.3) is 11.8 Å². The molecule has 0 radical (unpaired) electrons. The summed E-state index contributed by atoms with van der Waals surface area (Å²) in [6.07, 6.45) is 0.609. The Labute approximate surface area is 177 Å². The number of nitriles is 1. The molecule has 7 nitrogen and oxygen atoms in total. The van der Waals surface area contributed by atoms with Gasteiger partial charge in [0.1, 0.15) is 0 Å². The number of esters is 1. The molecule has 2 aromatic rings. The van der Waals surface area contributed by atoms with Crippen molar-refractivity contribution >= 4 is 46.4 Å². The van der Waals surface area contributed by atoms with Crippen LogP contribution < -0.4 is 10.2 Å². The molecule has 1 aromatic heterocycles. The van der Waals surface area contributed by atoms with Crippen molar-refractivity contribution in [3.05, 3.63) is 51.7 Å². The first-order valence-corrected chi connectivity index (χ1v) is 10.2. The number of amides is 2. The quantitative estimate of drug-likeness (QED) is 0.457. The number of carbonyl (C=O) groups excluding carboxylic acids is 3. The standard InChI is InChI=1S/C20H20ClN3O4S/c21-16-4-1-5-17(12-16)24(10-3-8-22)18(25)13-28-19(26)6-2-9-23-20(27)15-7-11-29-14-15/h1,4-5,7,11-12,14H,2-3,6,9-10,13H2,(H,23,27). The van der Waals surface area contributed by atoms with Crippen LogP contribution in [-0.4, -0.2) is 37.5 Å². The maximum atomic E-state index is 12.5. The Hall–Kier alpha value is -2.89. The molecule has 0 atom stereocenters. The van der Waals surface area contributed by atoms with Gasteiger partial charge in [-0.3, -0.25) is 14.4 Å². The lowest BCUT2D eigenvalue weighted by molar-refractivity contribution is -0.147. The van der Waals surface area contributed by atoms with E-state index in [0.29, 0.717) is 29.2 Å². The van der Waals surface area contributed by atoms with Gasteiger partial charge in [0.15, 0.2) is 6.61 Å². The number of nitrogens with zero attached hydrogens (tertiary/aromatic N) is 2. The molecule has 0 saturated carbocycles. The lowest BCUT2D eigenvalue weighted by Gasteiger charge is -2.21. The molecule has 29 heavy (non-hydrogen) atoms. The second kappa shape index (κ2) is 11.8. The van der Waals surface area contributed by atoms with Crippen molar-refractivity contribution in [3.63, 3.8) is 0 Å². The van der Waals surface area contributed by atoms with Gasteiger partial charge in [0.2, 0.25) is 0 Å². The maximum Gasteiger partial charge on any atom is 0.306 e. The molecule has 0 spiro atoms. The van der Waals surface area contributed by atoms with Crippen LogP contribution in [0.5, 0.6) is 0 Å². The molecule has 0 aliphatic rings. The first-order chi connectivity index (χ1) is 14.0. The molecule has 2 amide bonds. The van der Waals surface area contributed by atoms with Gasteiger partial charge in [-0.25, -0.2) is 0 Å². The van der Waals surface area contributed by atoms with Crippen LogP contribution in [0.15, 0.2) is 41.1 Å². The Morgan fingerprint density at radius 1 is 1.28 bits per heavy atom. The van der Waals surface area contributed by atoms with Crippen LogP contribution in [0, 0.1) is 11.3 Å². The number of carbonyl (C=O) groups is 3. The van der Waals surface area contributed by atoms with Gasteiger partial charge in [0, 0.05) is 41.2 Å². The molecule has 0 bridgehead atoms. The SMILES string of the molecule is N#CCCN(C(=O)COC(=O)CCCNC(=O)c1ccsc1)c1cccc(Cl)c1. The van der Waals surface area contributed by atoms with Crippen LogP contribution in [0.4, 0.5) is 5.69 Å². The van der Waals surface area contributed by atoms with Crippen molar-refractivity contribution < 1.29 is 19.1 Å². The van der Waals surface area contributed by atoms with E-state index in [1.165, 1.54) is 16.2 Å². The Bertz CT molecular complexity index is 880. The average molecular weight is 434 g/mol. The van der Waals surface area contributed by atoms with Crippen LogP contribution in [0.2, 0.25) is 5.02 Å². The fraction of sp³-hybridized carbons (Fsp3) is 0.300. The average Bonchev–Trinajstić information content (AvgIpc) is 3.25. The van der Waals surface area contributed by atoms with Gasteiger partial charge in [-0.15, -0.1) is 0 Å². The fourth-order valence-corrected chi connectivity index (χ4v) is 3.25. The Kier molecular flexibility index (Phi) is 9.15. The summed E-state index contributed by atoms with van der Waals surface area (Å²) in [6, 6.07) is 10.4. The predicted octanol–water partition coefficient (Wildman–Crippen LogP) is 3.40. The summed E-state index contributed by atoms with van der Waals surface area (Å²) in [6.45, 7) is 0.0639. The van der Waals surface area contributed by atoms with E-state index in [1.807, 2.05) is 11.4 Å². The number of ether oxygens (including phenoxy) is 1. The van der Waals surface area contributed by atoms with Gasteiger partial charge in [-0.2, -0.15) is 16.6 Å². The van der Waals surface area contributed by atoms with Crippen molar-refractivity contribution in [1.29, 1.82) is 5.26 Å². The summed E-state index contributed by atoms with van der Waals surface area (Å²) in [5, 5.41) is 15.5. The zero-order valence-electron chi connectivity index (χ0n) is 15.6. The highest BCUT2D eigenvalue weighted by Crippen LogP contribution is 2.20. The maximum absolute atomic E-state index is 12.5. The molecule has 0 aliphatic heterocycles. The van der Waals surface area contributed by atoms with Gasteiger partial charge >= 0.3 is 5.97 Å². The zero-order chi connectivity index (χ0) is 21.1. The minimum Gasteiger partial charge on any atom is -0.456 e. The van der Waals surface area contributed by atoms with Crippen LogP contribution in [0.3, 0.4) is 0 Å². The van der Waals surface area contributed by atoms with Crippen LogP contribution in [0.1, 0.15) is 29.6 Å². The molecule has 9 heteroatoms. The summed E-state index contributed by atoms with van der Waals surface area (Å²) in [7, 11) is 0. The van der Waals surface area contributed by atoms with Crippen molar-refractivity contribution in [2.75, 3.05) is 24.6 Å². The topological polar surface area (TPSA) is 99.5 Å². The molecule has 1 N–H and O–H groups in total. The van der Waals surface area contributed by atoms with Crippen LogP contribution in [-0.2, 0) is 14.3 Å². The van der Waals surface area contributed by atoms with Crippen LogP contribution >= 0.6 is 22.9 Å². The number of hydrogen-bond acceptors (Lipinski definition) is 6. The molecular weight excluding hydrogens is 414 g/mol. The first kappa shape index (κ1) is 22.4. The number of halogens is 1. The van der Waals surface area contributed by atoms with E-state index < -0.39 is 18.5 Å². The van der Waals surface area contributed by atoms with Crippen molar-refractivity contribution in [2.45, 2.75) is 19.3 Å². The number of hydrogen-bond donors (Lipinski definition) is 1. The summed E-state index contributed by atoms with van der Waals surface area (Å²) in [5.74, 6) is -1.17. The second-order valence-corrected chi connectivity index (χ2v) is 7.18. The number of benzene rings is 1. The number of rotatable bonds is 10. The summed E-state index contributed by atoms with van der Waals surface area (Å²) in [4.78, 5) is 37.5. The molecule has 2 rings (SSSR count). The van der Waals surface area contributed by atoms with E-state index in [1.54, 1.807) is 35.7 Å². The van der Waals surface area contributed by atoms with Crippen molar-refractivity contribution in [1.82, 2.24) is 5.32 Å². The Morgan fingerprint density at radius 2 is 2.10 bits per heavy atom. The molecule has 0 saturated heterocycles. The smallest absolute Gasteiger partial charge is 0.306 e. The highest BCUT2D eigenvalue weighted by molar-refractivity contribution is 7.08. The molecule has 152 valence electrons. The van der Waals surface area contributed by atoms with E-state index in [2.05, 4.69) is 5.32 Å². The lowest BCUT2D eigenvalue weighted by Crippen LogP contribution is -2.35. The third-order valence-corrected chi connectivity index (χ3v) is 4.77. The van der Waals surface area contributed by atoms with E-state index in [-0.39, 0.29) is 25.3 Å². The highest BCUT2D eigenvalue weighted by atomic mass is 35.5. The minimum atomic E-state index is -0.533. The van der Waals surface area contributed by atoms with E-state index in [4.69, 9.17) is 21.6 Å². The molecule has 1 aromatic carbocycles. The minimum absolute atomic E-state index is 0.0759. The zero-order valence-corrected chi connectivity index (χ0v) is 17.2. The van der Waals surface area contributed by atoms with Gasteiger partial charge in [-0.1, -0.05) is 17.7 Å². The summed E-state index contributed by atoms with van der Waals surface area (Å²) >= 11 is 7.39. The van der Waals surface area contributed by atoms with Crippen molar-refractivity contribution in [2.24, 2.45) is 0 Å². The molecule has 0 fully saturated rings. The van der Waals surface area contributed by atoms with Gasteiger partial charge < -0.3 is 15.0 Å². The number of anilines is 1.